The van der Waals surface area contributed by atoms with Crippen molar-refractivity contribution in [1.82, 2.24) is 9.88 Å². The van der Waals surface area contributed by atoms with Gasteiger partial charge in [-0.15, -0.1) is 11.3 Å². The molecule has 0 radical (unpaired) electrons. The van der Waals surface area contributed by atoms with E-state index in [2.05, 4.69) is 19.0 Å². The van der Waals surface area contributed by atoms with Crippen LogP contribution in [-0.2, 0) is 12.8 Å². The summed E-state index contributed by atoms with van der Waals surface area (Å²) in [6.45, 7) is 0. The van der Waals surface area contributed by atoms with Crippen molar-refractivity contribution in [2.45, 2.75) is 25.3 Å². The number of likely N-dealkylation sites (N-methyl/N-ethyl adjacent to an activating group) is 1. The molecule has 5 heteroatoms. The number of hydrogen-bond acceptors (Lipinski definition) is 4. The summed E-state index contributed by atoms with van der Waals surface area (Å²) in [6.07, 6.45) is 3.19. The highest BCUT2D eigenvalue weighted by molar-refractivity contribution is 7.15. The molecule has 2 aromatic rings. The van der Waals surface area contributed by atoms with E-state index in [4.69, 9.17) is 10.7 Å². The van der Waals surface area contributed by atoms with Crippen molar-refractivity contribution in [3.63, 3.8) is 0 Å². The molecule has 0 bridgehead atoms. The van der Waals surface area contributed by atoms with Gasteiger partial charge in [-0.25, -0.2) is 4.98 Å². The Kier molecular flexibility index (Phi) is 3.78. The Morgan fingerprint density at radius 1 is 1.38 bits per heavy atom. The first-order valence-electron chi connectivity index (χ1n) is 7.10. The number of primary amides is 1. The summed E-state index contributed by atoms with van der Waals surface area (Å²) < 4.78 is 0. The van der Waals surface area contributed by atoms with Gasteiger partial charge in [-0.2, -0.15) is 0 Å². The minimum Gasteiger partial charge on any atom is -0.366 e. The van der Waals surface area contributed by atoms with E-state index in [-0.39, 0.29) is 0 Å². The number of thiazole rings is 1. The molecule has 4 nitrogen and oxygen atoms in total. The Bertz CT molecular complexity index is 678. The number of rotatable bonds is 3. The van der Waals surface area contributed by atoms with Gasteiger partial charge in [0, 0.05) is 22.0 Å². The van der Waals surface area contributed by atoms with Crippen LogP contribution in [0.3, 0.4) is 0 Å². The molecule has 1 heterocycles. The number of benzene rings is 1. The van der Waals surface area contributed by atoms with E-state index in [9.17, 15) is 4.79 Å². The summed E-state index contributed by atoms with van der Waals surface area (Å²) >= 11 is 1.70. The maximum absolute atomic E-state index is 11.6. The van der Waals surface area contributed by atoms with E-state index in [1.807, 2.05) is 18.2 Å². The molecule has 1 aromatic heterocycles. The molecule has 0 fully saturated rings. The average molecular weight is 301 g/mol. The first kappa shape index (κ1) is 14.2. The molecule has 1 unspecified atom stereocenters. The van der Waals surface area contributed by atoms with Crippen LogP contribution in [0.1, 0.15) is 27.3 Å². The highest BCUT2D eigenvalue weighted by atomic mass is 32.1. The monoisotopic (exact) mass is 301 g/mol. The van der Waals surface area contributed by atoms with Gasteiger partial charge >= 0.3 is 0 Å². The molecule has 0 aliphatic heterocycles. The summed E-state index contributed by atoms with van der Waals surface area (Å²) in [5.74, 6) is -0.398. The number of nitrogens with zero attached hydrogens (tertiary/aromatic N) is 2. The fraction of sp³-hybridized carbons (Fsp3) is 0.375. The molecular weight excluding hydrogens is 282 g/mol. The average Bonchev–Trinajstić information content (AvgIpc) is 2.89. The van der Waals surface area contributed by atoms with E-state index in [1.54, 1.807) is 17.4 Å². The number of carbonyl (C=O) groups excluding carboxylic acids is 1. The number of aromatic nitrogens is 1. The van der Waals surface area contributed by atoms with Crippen LogP contribution in [0, 0.1) is 0 Å². The third-order valence-electron chi connectivity index (χ3n) is 4.07. The Hall–Kier alpha value is -1.72. The summed E-state index contributed by atoms with van der Waals surface area (Å²) in [6, 6.07) is 8.02. The van der Waals surface area contributed by atoms with Gasteiger partial charge in [0.05, 0.1) is 5.69 Å². The first-order chi connectivity index (χ1) is 10.1. The van der Waals surface area contributed by atoms with Crippen molar-refractivity contribution in [2.75, 3.05) is 14.1 Å². The van der Waals surface area contributed by atoms with E-state index in [0.717, 1.165) is 29.8 Å². The molecule has 110 valence electrons. The molecule has 1 aromatic carbocycles. The van der Waals surface area contributed by atoms with Crippen LogP contribution in [0.25, 0.3) is 10.6 Å². The van der Waals surface area contributed by atoms with Gasteiger partial charge in [0.15, 0.2) is 0 Å². The molecule has 1 atom stereocenters. The molecule has 0 saturated heterocycles. The van der Waals surface area contributed by atoms with Gasteiger partial charge < -0.3 is 10.6 Å². The quantitative estimate of drug-likeness (QED) is 0.946. The first-order valence-corrected chi connectivity index (χ1v) is 7.92. The van der Waals surface area contributed by atoms with Crippen molar-refractivity contribution < 1.29 is 4.79 Å². The molecule has 1 aliphatic carbocycles. The number of nitrogens with two attached hydrogens (primary N) is 1. The lowest BCUT2D eigenvalue weighted by atomic mass is 9.97. The zero-order valence-electron chi connectivity index (χ0n) is 12.3. The third kappa shape index (κ3) is 2.71. The largest absolute Gasteiger partial charge is 0.366 e. The second-order valence-corrected chi connectivity index (χ2v) is 6.74. The maximum atomic E-state index is 11.6. The standard InChI is InChI=1S/C16H19N3OS/c1-19(2)10-7-8-13-14(9-10)21-16(18-13)12-6-4-3-5-11(12)15(17)20/h3-6,10H,7-9H2,1-2H3,(H2,17,20). The van der Waals surface area contributed by atoms with Gasteiger partial charge in [0.2, 0.25) is 5.91 Å². The number of hydrogen-bond donors (Lipinski definition) is 1. The van der Waals surface area contributed by atoms with Crippen LogP contribution in [-0.4, -0.2) is 35.9 Å². The maximum Gasteiger partial charge on any atom is 0.249 e. The second-order valence-electron chi connectivity index (χ2n) is 5.66. The molecule has 21 heavy (non-hydrogen) atoms. The summed E-state index contributed by atoms with van der Waals surface area (Å²) in [7, 11) is 4.25. The zero-order valence-corrected chi connectivity index (χ0v) is 13.1. The number of aryl methyl sites for hydroxylation is 1. The molecular formula is C16H19N3OS. The van der Waals surface area contributed by atoms with Crippen LogP contribution in [0.15, 0.2) is 24.3 Å². The lowest BCUT2D eigenvalue weighted by Gasteiger charge is -2.27. The molecule has 0 saturated carbocycles. The smallest absolute Gasteiger partial charge is 0.249 e. The van der Waals surface area contributed by atoms with Crippen molar-refractivity contribution in [3.8, 4) is 10.6 Å². The van der Waals surface area contributed by atoms with Crippen LogP contribution in [0.4, 0.5) is 0 Å². The fourth-order valence-electron chi connectivity index (χ4n) is 2.80. The Balaban J connectivity index is 1.98. The van der Waals surface area contributed by atoms with E-state index in [0.29, 0.717) is 11.6 Å². The lowest BCUT2D eigenvalue weighted by Crippen LogP contribution is -2.32. The van der Waals surface area contributed by atoms with Crippen LogP contribution in [0.2, 0.25) is 0 Å². The highest BCUT2D eigenvalue weighted by Gasteiger charge is 2.25. The summed E-state index contributed by atoms with van der Waals surface area (Å²) in [4.78, 5) is 19.9. The predicted octanol–water partition coefficient (Wildman–Crippen LogP) is 2.33. The van der Waals surface area contributed by atoms with Gasteiger partial charge in [0.25, 0.3) is 0 Å². The molecule has 2 N–H and O–H groups in total. The SMILES string of the molecule is CN(C)C1CCc2nc(-c3ccccc3C(N)=O)sc2C1. The fourth-order valence-corrected chi connectivity index (χ4v) is 4.02. The predicted molar refractivity (Wildman–Crippen MR) is 85.6 cm³/mol. The van der Waals surface area contributed by atoms with Crippen molar-refractivity contribution in [2.24, 2.45) is 5.73 Å². The molecule has 0 spiro atoms. The normalized spacial score (nSPS) is 17.8. The molecule has 1 amide bonds. The van der Waals surface area contributed by atoms with Crippen molar-refractivity contribution >= 4 is 17.2 Å². The van der Waals surface area contributed by atoms with E-state index in [1.165, 1.54) is 10.6 Å². The summed E-state index contributed by atoms with van der Waals surface area (Å²) in [5.41, 5.74) is 8.06. The van der Waals surface area contributed by atoms with E-state index >= 15 is 0 Å². The van der Waals surface area contributed by atoms with Crippen LogP contribution in [0.5, 0.6) is 0 Å². The summed E-state index contributed by atoms with van der Waals surface area (Å²) in [5, 5.41) is 0.911. The minimum absolute atomic E-state index is 0.398. The van der Waals surface area contributed by atoms with Crippen molar-refractivity contribution in [1.29, 1.82) is 0 Å². The Morgan fingerprint density at radius 3 is 2.86 bits per heavy atom. The Morgan fingerprint density at radius 2 is 2.14 bits per heavy atom. The topological polar surface area (TPSA) is 59.2 Å². The van der Waals surface area contributed by atoms with Gasteiger partial charge in [-0.05, 0) is 39.4 Å². The molecule has 1 aliphatic rings. The number of fused-ring (bicyclic) bond motifs is 1. The number of carbonyl (C=O) groups is 1. The minimum atomic E-state index is -0.398. The van der Waals surface area contributed by atoms with Crippen molar-refractivity contribution in [3.05, 3.63) is 40.4 Å². The van der Waals surface area contributed by atoms with Crippen LogP contribution >= 0.6 is 11.3 Å². The second kappa shape index (κ2) is 5.58. The highest BCUT2D eigenvalue weighted by Crippen LogP contribution is 2.34. The molecule has 3 rings (SSSR count). The van der Waals surface area contributed by atoms with Gasteiger partial charge in [-0.3, -0.25) is 4.79 Å². The van der Waals surface area contributed by atoms with Crippen LogP contribution < -0.4 is 5.73 Å². The number of amides is 1. The van der Waals surface area contributed by atoms with E-state index < -0.39 is 5.91 Å². The zero-order chi connectivity index (χ0) is 15.0. The Labute approximate surface area is 128 Å². The van der Waals surface area contributed by atoms with Gasteiger partial charge in [0.1, 0.15) is 5.01 Å². The third-order valence-corrected chi connectivity index (χ3v) is 5.22. The van der Waals surface area contributed by atoms with Gasteiger partial charge in [-0.1, -0.05) is 18.2 Å². The lowest BCUT2D eigenvalue weighted by molar-refractivity contribution is 0.100.